The fourth-order valence-corrected chi connectivity index (χ4v) is 2.57. The molecule has 0 saturated carbocycles. The first-order valence-electron chi connectivity index (χ1n) is 6.22. The minimum Gasteiger partial charge on any atom is -0.341 e. The van der Waals surface area contributed by atoms with Gasteiger partial charge in [0.05, 0.1) is 17.1 Å². The third-order valence-electron chi connectivity index (χ3n) is 3.45. The van der Waals surface area contributed by atoms with Crippen LogP contribution in [-0.2, 0) is 0 Å². The van der Waals surface area contributed by atoms with E-state index in [0.29, 0.717) is 0 Å². The summed E-state index contributed by atoms with van der Waals surface area (Å²) in [6.07, 6.45) is 1.99. The molecule has 0 spiro atoms. The molecule has 0 unspecified atom stereocenters. The van der Waals surface area contributed by atoms with Gasteiger partial charge in [0, 0.05) is 13.6 Å². The summed E-state index contributed by atoms with van der Waals surface area (Å²) in [7, 11) is 1.66. The van der Waals surface area contributed by atoms with Crippen LogP contribution in [0.5, 0.6) is 0 Å². The number of hydrogen-bond acceptors (Lipinski definition) is 2. The van der Waals surface area contributed by atoms with Crippen LogP contribution < -0.4 is 5.32 Å². The number of H-pyrrole nitrogens is 1. The summed E-state index contributed by atoms with van der Waals surface area (Å²) in [5.41, 5.74) is 1.98. The number of nitrogens with one attached hydrogen (secondary N) is 2. The van der Waals surface area contributed by atoms with Gasteiger partial charge in [0.2, 0.25) is 0 Å². The lowest BCUT2D eigenvalue weighted by Crippen LogP contribution is -2.37. The van der Waals surface area contributed by atoms with E-state index < -0.39 is 0 Å². The molecule has 1 atom stereocenters. The van der Waals surface area contributed by atoms with Gasteiger partial charge in [-0.15, -0.1) is 0 Å². The van der Waals surface area contributed by atoms with E-state index in [1.165, 1.54) is 0 Å². The number of imidazole rings is 1. The summed E-state index contributed by atoms with van der Waals surface area (Å²) in [6, 6.07) is 7.97. The minimum atomic E-state index is -0.0297. The Hall–Kier alpha value is -2.04. The SMILES string of the molecule is CNC(=O)N1CCC[C@@H]1c1nc2ccccc2[nH]1. The zero-order valence-electron chi connectivity index (χ0n) is 10.3. The van der Waals surface area contributed by atoms with Gasteiger partial charge in [-0.2, -0.15) is 0 Å². The molecule has 0 aliphatic carbocycles. The van der Waals surface area contributed by atoms with Gasteiger partial charge in [0.25, 0.3) is 0 Å². The highest BCUT2D eigenvalue weighted by molar-refractivity contribution is 5.76. The molecule has 1 aliphatic heterocycles. The molecule has 1 saturated heterocycles. The van der Waals surface area contributed by atoms with Crippen LogP contribution in [0.3, 0.4) is 0 Å². The molecule has 1 fully saturated rings. The number of hydrogen-bond donors (Lipinski definition) is 2. The normalized spacial score (nSPS) is 19.4. The van der Waals surface area contributed by atoms with Crippen LogP contribution in [0.2, 0.25) is 0 Å². The van der Waals surface area contributed by atoms with Gasteiger partial charge in [-0.1, -0.05) is 12.1 Å². The summed E-state index contributed by atoms with van der Waals surface area (Å²) in [6.45, 7) is 0.793. The molecule has 1 aromatic heterocycles. The third kappa shape index (κ3) is 1.72. The van der Waals surface area contributed by atoms with Crippen LogP contribution in [0.4, 0.5) is 4.79 Å². The Morgan fingerprint density at radius 3 is 3.11 bits per heavy atom. The molecule has 0 bridgehead atoms. The van der Waals surface area contributed by atoms with Gasteiger partial charge < -0.3 is 15.2 Å². The first-order valence-corrected chi connectivity index (χ1v) is 6.22. The number of amides is 2. The number of aromatic nitrogens is 2. The number of carbonyl (C=O) groups excluding carboxylic acids is 1. The predicted molar refractivity (Wildman–Crippen MR) is 69.2 cm³/mol. The lowest BCUT2D eigenvalue weighted by Gasteiger charge is -2.22. The van der Waals surface area contributed by atoms with Crippen LogP contribution in [0, 0.1) is 0 Å². The highest BCUT2D eigenvalue weighted by atomic mass is 16.2. The standard InChI is InChI=1S/C13H16N4O/c1-14-13(18)17-8-4-7-11(17)12-15-9-5-2-3-6-10(9)16-12/h2-3,5-6,11H,4,7-8H2,1H3,(H,14,18)(H,15,16)/t11-/m1/s1. The molecule has 1 aromatic carbocycles. The van der Waals surface area contributed by atoms with Gasteiger partial charge in [0.15, 0.2) is 0 Å². The zero-order chi connectivity index (χ0) is 12.5. The van der Waals surface area contributed by atoms with E-state index >= 15 is 0 Å². The Kier molecular flexibility index (Phi) is 2.66. The molecule has 18 heavy (non-hydrogen) atoms. The van der Waals surface area contributed by atoms with E-state index in [9.17, 15) is 4.79 Å². The van der Waals surface area contributed by atoms with Crippen LogP contribution in [-0.4, -0.2) is 34.5 Å². The van der Waals surface area contributed by atoms with E-state index in [4.69, 9.17) is 0 Å². The molecule has 5 nitrogen and oxygen atoms in total. The van der Waals surface area contributed by atoms with Crippen molar-refractivity contribution >= 4 is 17.1 Å². The molecule has 2 heterocycles. The van der Waals surface area contributed by atoms with Crippen molar-refractivity contribution in [3.8, 4) is 0 Å². The third-order valence-corrected chi connectivity index (χ3v) is 3.45. The summed E-state index contributed by atoms with van der Waals surface area (Å²) in [4.78, 5) is 21.5. The molecular weight excluding hydrogens is 228 g/mol. The van der Waals surface area contributed by atoms with Crippen LogP contribution in [0.25, 0.3) is 11.0 Å². The average molecular weight is 244 g/mol. The second kappa shape index (κ2) is 4.33. The Balaban J connectivity index is 1.95. The smallest absolute Gasteiger partial charge is 0.317 e. The van der Waals surface area contributed by atoms with Crippen LogP contribution in [0.15, 0.2) is 24.3 Å². The van der Waals surface area contributed by atoms with Gasteiger partial charge in [-0.05, 0) is 25.0 Å². The summed E-state index contributed by atoms with van der Waals surface area (Å²) in [5, 5.41) is 2.69. The maximum Gasteiger partial charge on any atom is 0.317 e. The fourth-order valence-electron chi connectivity index (χ4n) is 2.57. The number of urea groups is 1. The molecule has 5 heteroatoms. The summed E-state index contributed by atoms with van der Waals surface area (Å²) in [5.74, 6) is 0.886. The Morgan fingerprint density at radius 2 is 2.33 bits per heavy atom. The van der Waals surface area contributed by atoms with Crippen molar-refractivity contribution in [1.29, 1.82) is 0 Å². The van der Waals surface area contributed by atoms with E-state index in [0.717, 1.165) is 36.2 Å². The molecule has 2 N–H and O–H groups in total. The number of fused-ring (bicyclic) bond motifs is 1. The largest absolute Gasteiger partial charge is 0.341 e. The van der Waals surface area contributed by atoms with Crippen molar-refractivity contribution < 1.29 is 4.79 Å². The van der Waals surface area contributed by atoms with E-state index in [-0.39, 0.29) is 12.1 Å². The van der Waals surface area contributed by atoms with Gasteiger partial charge in [-0.25, -0.2) is 9.78 Å². The number of nitrogens with zero attached hydrogens (tertiary/aromatic N) is 2. The molecular formula is C13H16N4O. The first kappa shape index (κ1) is 11.1. The van der Waals surface area contributed by atoms with Crippen LogP contribution in [0.1, 0.15) is 24.7 Å². The first-order chi connectivity index (χ1) is 8.79. The van der Waals surface area contributed by atoms with E-state index in [1.807, 2.05) is 29.2 Å². The van der Waals surface area contributed by atoms with Crippen molar-refractivity contribution in [1.82, 2.24) is 20.2 Å². The van der Waals surface area contributed by atoms with Crippen molar-refractivity contribution in [2.45, 2.75) is 18.9 Å². The van der Waals surface area contributed by atoms with Crippen molar-refractivity contribution in [3.05, 3.63) is 30.1 Å². The van der Waals surface area contributed by atoms with E-state index in [2.05, 4.69) is 15.3 Å². The zero-order valence-corrected chi connectivity index (χ0v) is 10.3. The monoisotopic (exact) mass is 244 g/mol. The number of aromatic amines is 1. The molecule has 2 amide bonds. The van der Waals surface area contributed by atoms with E-state index in [1.54, 1.807) is 7.05 Å². The topological polar surface area (TPSA) is 61.0 Å². The quantitative estimate of drug-likeness (QED) is 0.806. The van der Waals surface area contributed by atoms with Crippen molar-refractivity contribution in [2.75, 3.05) is 13.6 Å². The highest BCUT2D eigenvalue weighted by Gasteiger charge is 2.31. The second-order valence-corrected chi connectivity index (χ2v) is 4.55. The number of likely N-dealkylation sites (tertiary alicyclic amines) is 1. The highest BCUT2D eigenvalue weighted by Crippen LogP contribution is 2.31. The molecule has 2 aromatic rings. The molecule has 0 radical (unpaired) electrons. The Labute approximate surface area is 105 Å². The van der Waals surface area contributed by atoms with Crippen molar-refractivity contribution in [3.63, 3.8) is 0 Å². The number of rotatable bonds is 1. The van der Waals surface area contributed by atoms with Gasteiger partial charge in [-0.3, -0.25) is 0 Å². The summed E-state index contributed by atoms with van der Waals surface area (Å²) < 4.78 is 0. The average Bonchev–Trinajstić information content (AvgIpc) is 3.03. The van der Waals surface area contributed by atoms with Crippen LogP contribution >= 0.6 is 0 Å². The number of carbonyl (C=O) groups is 1. The molecule has 94 valence electrons. The lowest BCUT2D eigenvalue weighted by atomic mass is 10.2. The fraction of sp³-hybridized carbons (Fsp3) is 0.385. The minimum absolute atomic E-state index is 0.0297. The van der Waals surface area contributed by atoms with Crippen molar-refractivity contribution in [2.24, 2.45) is 0 Å². The number of benzene rings is 1. The van der Waals surface area contributed by atoms with Gasteiger partial charge >= 0.3 is 6.03 Å². The predicted octanol–water partition coefficient (Wildman–Crippen LogP) is 2.04. The maximum atomic E-state index is 11.8. The summed E-state index contributed by atoms with van der Waals surface area (Å²) >= 11 is 0. The Morgan fingerprint density at radius 1 is 1.50 bits per heavy atom. The molecule has 1 aliphatic rings. The number of para-hydroxylation sites is 2. The molecule has 3 rings (SSSR count). The lowest BCUT2D eigenvalue weighted by molar-refractivity contribution is 0.193. The second-order valence-electron chi connectivity index (χ2n) is 4.55. The maximum absolute atomic E-state index is 11.8. The Bertz CT molecular complexity index is 544. The van der Waals surface area contributed by atoms with Gasteiger partial charge in [0.1, 0.15) is 5.82 Å².